The maximum absolute atomic E-state index is 14.6. The third-order valence-electron chi connectivity index (χ3n) is 4.97. The first-order chi connectivity index (χ1) is 15.1. The van der Waals surface area contributed by atoms with Gasteiger partial charge in [-0.3, -0.25) is 9.52 Å². The molecule has 1 aliphatic heterocycles. The summed E-state index contributed by atoms with van der Waals surface area (Å²) in [4.78, 5) is 12.1. The van der Waals surface area contributed by atoms with Crippen LogP contribution in [0.4, 0.5) is 30.2 Å². The Kier molecular flexibility index (Phi) is 7.88. The maximum Gasteiger partial charge on any atom is 0.301 e. The molecule has 3 N–H and O–H groups in total. The van der Waals surface area contributed by atoms with E-state index in [1.807, 2.05) is 22.6 Å². The first kappa shape index (κ1) is 24.6. The van der Waals surface area contributed by atoms with Crippen LogP contribution in [0.5, 0.6) is 0 Å². The van der Waals surface area contributed by atoms with Gasteiger partial charge in [0.2, 0.25) is 5.91 Å². The van der Waals surface area contributed by atoms with Gasteiger partial charge in [0.25, 0.3) is 0 Å². The van der Waals surface area contributed by atoms with Gasteiger partial charge in [0.05, 0.1) is 17.3 Å². The number of carbonyl (C=O) groups excluding carboxylic acids is 1. The third kappa shape index (κ3) is 5.64. The fourth-order valence-corrected chi connectivity index (χ4v) is 5.16. The second-order valence-electron chi connectivity index (χ2n) is 7.23. The fourth-order valence-electron chi connectivity index (χ4n) is 3.38. The average molecular weight is 582 g/mol. The molecule has 3 rings (SSSR count). The van der Waals surface area contributed by atoms with Crippen molar-refractivity contribution in [1.29, 1.82) is 0 Å². The van der Waals surface area contributed by atoms with E-state index in [0.29, 0.717) is 23.0 Å². The number of hydrogen-bond donors (Lipinski definition) is 3. The predicted octanol–water partition coefficient (Wildman–Crippen LogP) is 3.96. The van der Waals surface area contributed by atoms with Crippen molar-refractivity contribution >= 4 is 55.8 Å². The molecule has 1 amide bonds. The Balaban J connectivity index is 1.87. The summed E-state index contributed by atoms with van der Waals surface area (Å²) in [5, 5.41) is 5.12. The standard InChI is InChI=1S/C20H22F3IN4O3S/c1-2-25-20(29)12-4-3-9-28(11-12)32(30,31)27-17-8-6-14(21)18(23)19(17)26-16-7-5-13(24)10-15(16)22/h5-8,10,12,26-27H,2-4,9,11H2,1H3,(H,25,29). The van der Waals surface area contributed by atoms with Crippen LogP contribution in [0.25, 0.3) is 0 Å². The number of amides is 1. The molecule has 1 aliphatic rings. The molecule has 1 atom stereocenters. The summed E-state index contributed by atoms with van der Waals surface area (Å²) in [5.41, 5.74) is -0.988. The SMILES string of the molecule is CCNC(=O)C1CCCN(S(=O)(=O)Nc2ccc(F)c(F)c2Nc2ccc(I)cc2F)C1. The maximum atomic E-state index is 14.6. The Morgan fingerprint density at radius 2 is 1.88 bits per heavy atom. The molecule has 0 aliphatic carbocycles. The zero-order valence-corrected chi connectivity index (χ0v) is 20.1. The Morgan fingerprint density at radius 3 is 2.56 bits per heavy atom. The molecule has 0 saturated carbocycles. The van der Waals surface area contributed by atoms with E-state index < -0.39 is 39.3 Å². The lowest BCUT2D eigenvalue weighted by atomic mass is 9.99. The lowest BCUT2D eigenvalue weighted by Gasteiger charge is -2.31. The first-order valence-corrected chi connectivity index (χ1v) is 12.4. The molecule has 0 bridgehead atoms. The molecule has 2 aromatic rings. The van der Waals surface area contributed by atoms with E-state index in [0.717, 1.165) is 16.4 Å². The third-order valence-corrected chi connectivity index (χ3v) is 7.13. The van der Waals surface area contributed by atoms with Crippen LogP contribution in [-0.4, -0.2) is 38.3 Å². The monoisotopic (exact) mass is 582 g/mol. The number of piperidine rings is 1. The van der Waals surface area contributed by atoms with Crippen LogP contribution in [0, 0.1) is 26.9 Å². The number of carbonyl (C=O) groups is 1. The van der Waals surface area contributed by atoms with Crippen LogP contribution in [0.1, 0.15) is 19.8 Å². The minimum absolute atomic E-state index is 0.0423. The number of anilines is 3. The fraction of sp³-hybridized carbons (Fsp3) is 0.350. The largest absolute Gasteiger partial charge is 0.356 e. The van der Waals surface area contributed by atoms with Gasteiger partial charge in [0.1, 0.15) is 11.5 Å². The quantitative estimate of drug-likeness (QED) is 0.432. The number of nitrogens with one attached hydrogen (secondary N) is 3. The van der Waals surface area contributed by atoms with Crippen molar-refractivity contribution in [2.75, 3.05) is 29.7 Å². The summed E-state index contributed by atoms with van der Waals surface area (Å²) in [7, 11) is -4.20. The van der Waals surface area contributed by atoms with Gasteiger partial charge in [-0.25, -0.2) is 13.2 Å². The molecule has 0 aromatic heterocycles. The van der Waals surface area contributed by atoms with Crippen molar-refractivity contribution in [3.63, 3.8) is 0 Å². The van der Waals surface area contributed by atoms with E-state index in [9.17, 15) is 26.4 Å². The van der Waals surface area contributed by atoms with E-state index in [2.05, 4.69) is 15.4 Å². The summed E-state index contributed by atoms with van der Waals surface area (Å²) in [6.07, 6.45) is 1.02. The zero-order chi connectivity index (χ0) is 23.5. The van der Waals surface area contributed by atoms with Gasteiger partial charge in [-0.15, -0.1) is 0 Å². The van der Waals surface area contributed by atoms with Crippen LogP contribution in [0.3, 0.4) is 0 Å². The van der Waals surface area contributed by atoms with E-state index in [4.69, 9.17) is 0 Å². The molecule has 12 heteroatoms. The lowest BCUT2D eigenvalue weighted by Crippen LogP contribution is -2.47. The summed E-state index contributed by atoms with van der Waals surface area (Å²) in [6, 6.07) is 5.91. The van der Waals surface area contributed by atoms with Gasteiger partial charge < -0.3 is 10.6 Å². The number of halogens is 4. The zero-order valence-electron chi connectivity index (χ0n) is 17.1. The Hall–Kier alpha value is -2.06. The summed E-state index contributed by atoms with van der Waals surface area (Å²) < 4.78 is 72.5. The molecule has 7 nitrogen and oxygen atoms in total. The van der Waals surface area contributed by atoms with Gasteiger partial charge in [-0.2, -0.15) is 12.7 Å². The highest BCUT2D eigenvalue weighted by Gasteiger charge is 2.33. The van der Waals surface area contributed by atoms with Gasteiger partial charge in [0, 0.05) is 23.2 Å². The normalized spacial score (nSPS) is 17.1. The Labute approximate surface area is 198 Å². The molecule has 0 spiro atoms. The van der Waals surface area contributed by atoms with Crippen LogP contribution < -0.4 is 15.4 Å². The van der Waals surface area contributed by atoms with Gasteiger partial charge in [0.15, 0.2) is 11.6 Å². The Morgan fingerprint density at radius 1 is 1.16 bits per heavy atom. The summed E-state index contributed by atoms with van der Waals surface area (Å²) >= 11 is 1.90. The van der Waals surface area contributed by atoms with Crippen molar-refractivity contribution < 1.29 is 26.4 Å². The molecule has 0 radical (unpaired) electrons. The molecule has 1 fully saturated rings. The van der Waals surface area contributed by atoms with Crippen LogP contribution in [0.15, 0.2) is 30.3 Å². The van der Waals surface area contributed by atoms with Crippen LogP contribution >= 0.6 is 22.6 Å². The number of rotatable bonds is 7. The highest BCUT2D eigenvalue weighted by Crippen LogP contribution is 2.33. The topological polar surface area (TPSA) is 90.5 Å². The lowest BCUT2D eigenvalue weighted by molar-refractivity contribution is -0.125. The highest BCUT2D eigenvalue weighted by atomic mass is 127. The summed E-state index contributed by atoms with van der Waals surface area (Å²) in [6.45, 7) is 2.33. The molecule has 32 heavy (non-hydrogen) atoms. The average Bonchev–Trinajstić information content (AvgIpc) is 2.75. The molecule has 1 unspecified atom stereocenters. The van der Waals surface area contributed by atoms with Crippen LogP contribution in [0.2, 0.25) is 0 Å². The minimum Gasteiger partial charge on any atom is -0.356 e. The molecule has 174 valence electrons. The van der Waals surface area contributed by atoms with Gasteiger partial charge in [-0.05, 0) is 72.7 Å². The minimum atomic E-state index is -4.20. The molecule has 1 saturated heterocycles. The van der Waals surface area contributed by atoms with E-state index >= 15 is 0 Å². The van der Waals surface area contributed by atoms with E-state index in [1.165, 1.54) is 12.1 Å². The van der Waals surface area contributed by atoms with Crippen molar-refractivity contribution in [3.05, 3.63) is 51.4 Å². The number of hydrogen-bond acceptors (Lipinski definition) is 4. The second kappa shape index (κ2) is 10.3. The molecule has 2 aromatic carbocycles. The molecular formula is C20H22F3IN4O3S. The number of benzene rings is 2. The van der Waals surface area contributed by atoms with Gasteiger partial charge in [-0.1, -0.05) is 0 Å². The molecule has 1 heterocycles. The van der Waals surface area contributed by atoms with Crippen molar-refractivity contribution in [1.82, 2.24) is 9.62 Å². The van der Waals surface area contributed by atoms with E-state index in [-0.39, 0.29) is 30.4 Å². The van der Waals surface area contributed by atoms with Crippen LogP contribution in [-0.2, 0) is 15.0 Å². The van der Waals surface area contributed by atoms with Crippen molar-refractivity contribution in [2.24, 2.45) is 5.92 Å². The Bertz CT molecular complexity index is 1120. The first-order valence-electron chi connectivity index (χ1n) is 9.88. The smallest absolute Gasteiger partial charge is 0.301 e. The second-order valence-corrected chi connectivity index (χ2v) is 10.1. The number of nitrogens with zero attached hydrogens (tertiary/aromatic N) is 1. The van der Waals surface area contributed by atoms with Crippen molar-refractivity contribution in [2.45, 2.75) is 19.8 Å². The van der Waals surface area contributed by atoms with Crippen molar-refractivity contribution in [3.8, 4) is 0 Å². The van der Waals surface area contributed by atoms with E-state index in [1.54, 1.807) is 13.0 Å². The highest BCUT2D eigenvalue weighted by molar-refractivity contribution is 14.1. The molecular weight excluding hydrogens is 560 g/mol. The summed E-state index contributed by atoms with van der Waals surface area (Å²) in [5.74, 6) is -4.05. The predicted molar refractivity (Wildman–Crippen MR) is 124 cm³/mol. The van der Waals surface area contributed by atoms with Gasteiger partial charge >= 0.3 is 10.2 Å².